The first-order chi connectivity index (χ1) is 13.8. The summed E-state index contributed by atoms with van der Waals surface area (Å²) in [5, 5.41) is 40.7. The molecule has 0 spiro atoms. The first-order valence-electron chi connectivity index (χ1n) is 8.55. The molecule has 1 aliphatic rings. The number of phenolic OH excluding ortho intramolecular Hbond substituents is 2. The maximum absolute atomic E-state index is 11.5. The average Bonchev–Trinajstić information content (AvgIpc) is 2.68. The number of phenols is 2. The van der Waals surface area contributed by atoms with Gasteiger partial charge < -0.3 is 30.5 Å². The van der Waals surface area contributed by atoms with Crippen LogP contribution in [-0.4, -0.2) is 32.4 Å². The first-order valence-corrected chi connectivity index (χ1v) is 8.55. The van der Waals surface area contributed by atoms with Gasteiger partial charge in [-0.15, -0.1) is 0 Å². The highest BCUT2D eigenvalue weighted by Gasteiger charge is 2.25. The molecule has 3 aromatic rings. The smallest absolute Gasteiger partial charge is 0.337 e. The molecule has 29 heavy (non-hydrogen) atoms. The van der Waals surface area contributed by atoms with Crippen molar-refractivity contribution in [3.05, 3.63) is 70.8 Å². The topological polar surface area (TPSA) is 136 Å². The molecule has 4 rings (SSSR count). The lowest BCUT2D eigenvalue weighted by Crippen LogP contribution is -2.11. The van der Waals surface area contributed by atoms with E-state index in [2.05, 4.69) is 5.32 Å². The molecular formula is C21H15NO7. The van der Waals surface area contributed by atoms with Crippen LogP contribution in [0.15, 0.2) is 48.5 Å². The van der Waals surface area contributed by atoms with E-state index in [4.69, 9.17) is 4.74 Å². The lowest BCUT2D eigenvalue weighted by atomic mass is 10.0. The van der Waals surface area contributed by atoms with E-state index in [-0.39, 0.29) is 34.1 Å². The fourth-order valence-corrected chi connectivity index (χ4v) is 3.15. The Morgan fingerprint density at radius 3 is 2.24 bits per heavy atom. The molecule has 0 bridgehead atoms. The van der Waals surface area contributed by atoms with Crippen LogP contribution in [0.3, 0.4) is 0 Å². The molecule has 0 fully saturated rings. The van der Waals surface area contributed by atoms with Gasteiger partial charge in [0.05, 0.1) is 22.5 Å². The molecule has 0 saturated heterocycles. The van der Waals surface area contributed by atoms with Crippen LogP contribution in [0.1, 0.15) is 31.8 Å². The molecule has 0 aromatic heterocycles. The molecule has 0 atom stereocenters. The number of ether oxygens (including phenoxy) is 1. The van der Waals surface area contributed by atoms with Gasteiger partial charge in [0.2, 0.25) is 0 Å². The molecule has 0 radical (unpaired) electrons. The van der Waals surface area contributed by atoms with Crippen LogP contribution in [-0.2, 0) is 6.42 Å². The summed E-state index contributed by atoms with van der Waals surface area (Å²) in [6.45, 7) is 0. The third-order valence-corrected chi connectivity index (χ3v) is 4.55. The monoisotopic (exact) mass is 393 g/mol. The zero-order chi connectivity index (χ0) is 20.7. The molecule has 5 N–H and O–H groups in total. The van der Waals surface area contributed by atoms with Crippen molar-refractivity contribution in [1.29, 1.82) is 0 Å². The van der Waals surface area contributed by atoms with Gasteiger partial charge in [0, 0.05) is 0 Å². The number of anilines is 2. The third-order valence-electron chi connectivity index (χ3n) is 4.55. The van der Waals surface area contributed by atoms with Crippen molar-refractivity contribution in [2.45, 2.75) is 6.42 Å². The van der Waals surface area contributed by atoms with Crippen molar-refractivity contribution in [1.82, 2.24) is 0 Å². The highest BCUT2D eigenvalue weighted by molar-refractivity contribution is 6.02. The molecule has 1 heterocycles. The molecule has 0 amide bonds. The number of aromatic hydroxyl groups is 2. The lowest BCUT2D eigenvalue weighted by Gasteiger charge is -2.24. The number of fused-ring (bicyclic) bond motifs is 2. The molecule has 8 nitrogen and oxygen atoms in total. The molecule has 0 unspecified atom stereocenters. The van der Waals surface area contributed by atoms with E-state index < -0.39 is 11.9 Å². The summed E-state index contributed by atoms with van der Waals surface area (Å²) < 4.78 is 5.80. The Morgan fingerprint density at radius 2 is 1.55 bits per heavy atom. The van der Waals surface area contributed by atoms with E-state index in [0.29, 0.717) is 17.9 Å². The average molecular weight is 393 g/mol. The zero-order valence-electron chi connectivity index (χ0n) is 14.8. The summed E-state index contributed by atoms with van der Waals surface area (Å²) in [6.07, 6.45) is 0.451. The Morgan fingerprint density at radius 1 is 0.828 bits per heavy atom. The second kappa shape index (κ2) is 6.75. The second-order valence-electron chi connectivity index (χ2n) is 6.56. The molecule has 146 valence electrons. The number of hydrogen-bond donors (Lipinski definition) is 5. The Labute approximate surface area is 164 Å². The van der Waals surface area contributed by atoms with Crippen molar-refractivity contribution >= 4 is 23.3 Å². The van der Waals surface area contributed by atoms with Crippen molar-refractivity contribution in [2.75, 3.05) is 5.32 Å². The van der Waals surface area contributed by atoms with Gasteiger partial charge in [0.15, 0.2) is 23.0 Å². The minimum absolute atomic E-state index is 0.106. The largest absolute Gasteiger partial charge is 0.504 e. The zero-order valence-corrected chi connectivity index (χ0v) is 14.8. The number of carboxylic acid groups (broad SMARTS) is 2. The highest BCUT2D eigenvalue weighted by Crippen LogP contribution is 2.45. The molecule has 1 aliphatic heterocycles. The van der Waals surface area contributed by atoms with Crippen LogP contribution >= 0.6 is 0 Å². The SMILES string of the molecule is O=C(O)c1cc2c(c(C(=O)O)c1)Nc1ccc(Cc3ccc(O)c(O)c3)cc1O2. The Bertz CT molecular complexity index is 1170. The van der Waals surface area contributed by atoms with Crippen molar-refractivity contribution in [3.63, 3.8) is 0 Å². The van der Waals surface area contributed by atoms with Crippen LogP contribution in [0, 0.1) is 0 Å². The summed E-state index contributed by atoms with van der Waals surface area (Å²) in [4.78, 5) is 22.9. The van der Waals surface area contributed by atoms with E-state index in [0.717, 1.165) is 17.2 Å². The number of rotatable bonds is 4. The van der Waals surface area contributed by atoms with Crippen molar-refractivity contribution < 1.29 is 34.8 Å². The number of nitrogens with one attached hydrogen (secondary N) is 1. The normalized spacial score (nSPS) is 11.6. The van der Waals surface area contributed by atoms with Crippen LogP contribution in [0.4, 0.5) is 11.4 Å². The first kappa shape index (κ1) is 18.2. The summed E-state index contributed by atoms with van der Waals surface area (Å²) in [5.74, 6) is -2.43. The van der Waals surface area contributed by atoms with Crippen molar-refractivity contribution in [3.8, 4) is 23.0 Å². The summed E-state index contributed by atoms with van der Waals surface area (Å²) in [7, 11) is 0. The predicted molar refractivity (Wildman–Crippen MR) is 103 cm³/mol. The summed E-state index contributed by atoms with van der Waals surface area (Å²) in [5.41, 5.74) is 1.94. The lowest BCUT2D eigenvalue weighted by molar-refractivity contribution is 0.0696. The Kier molecular flexibility index (Phi) is 4.23. The fourth-order valence-electron chi connectivity index (χ4n) is 3.15. The number of aromatic carboxylic acids is 2. The number of carboxylic acids is 2. The molecule has 3 aromatic carbocycles. The van der Waals surface area contributed by atoms with Gasteiger partial charge in [-0.05, 0) is 53.9 Å². The van der Waals surface area contributed by atoms with Gasteiger partial charge in [-0.25, -0.2) is 9.59 Å². The summed E-state index contributed by atoms with van der Waals surface area (Å²) >= 11 is 0. The molecule has 0 aliphatic carbocycles. The molecular weight excluding hydrogens is 378 g/mol. The maximum atomic E-state index is 11.5. The number of carbonyl (C=O) groups is 2. The van der Waals surface area contributed by atoms with Gasteiger partial charge >= 0.3 is 11.9 Å². The van der Waals surface area contributed by atoms with Gasteiger partial charge in [-0.3, -0.25) is 0 Å². The number of hydrogen-bond acceptors (Lipinski definition) is 6. The number of benzene rings is 3. The quantitative estimate of drug-likeness (QED) is 0.329. The minimum atomic E-state index is -1.27. The standard InChI is InChI=1S/C21H15NO7/c23-15-4-2-10(6-16(15)24)5-11-1-3-14-17(7-11)29-18-9-12(20(25)26)8-13(21(27)28)19(18)22-14/h1-4,6-9,22-24H,5H2,(H,25,26)(H,27,28). The van der Waals surface area contributed by atoms with Gasteiger partial charge in [-0.2, -0.15) is 0 Å². The van der Waals surface area contributed by atoms with E-state index in [1.165, 1.54) is 18.2 Å². The Balaban J connectivity index is 1.68. The van der Waals surface area contributed by atoms with Crippen LogP contribution in [0.25, 0.3) is 0 Å². The van der Waals surface area contributed by atoms with Crippen LogP contribution in [0.5, 0.6) is 23.0 Å². The molecule has 8 heteroatoms. The van der Waals surface area contributed by atoms with E-state index in [1.807, 2.05) is 6.07 Å². The van der Waals surface area contributed by atoms with Gasteiger partial charge in [-0.1, -0.05) is 12.1 Å². The summed E-state index contributed by atoms with van der Waals surface area (Å²) in [6, 6.07) is 12.2. The van der Waals surface area contributed by atoms with E-state index in [1.54, 1.807) is 18.2 Å². The van der Waals surface area contributed by atoms with Crippen LogP contribution < -0.4 is 10.1 Å². The third kappa shape index (κ3) is 3.39. The van der Waals surface area contributed by atoms with Gasteiger partial charge in [0.25, 0.3) is 0 Å². The molecule has 0 saturated carbocycles. The Hall–Kier alpha value is -4.20. The predicted octanol–water partition coefficient (Wildman–Crippen LogP) is 3.93. The van der Waals surface area contributed by atoms with E-state index >= 15 is 0 Å². The maximum Gasteiger partial charge on any atom is 0.337 e. The second-order valence-corrected chi connectivity index (χ2v) is 6.56. The van der Waals surface area contributed by atoms with Crippen molar-refractivity contribution in [2.24, 2.45) is 0 Å². The fraction of sp³-hybridized carbons (Fsp3) is 0.0476. The minimum Gasteiger partial charge on any atom is -0.504 e. The van der Waals surface area contributed by atoms with E-state index in [9.17, 15) is 30.0 Å². The highest BCUT2D eigenvalue weighted by atomic mass is 16.5. The van der Waals surface area contributed by atoms with Crippen LogP contribution in [0.2, 0.25) is 0 Å². The van der Waals surface area contributed by atoms with Gasteiger partial charge in [0.1, 0.15) is 0 Å².